The van der Waals surface area contributed by atoms with Gasteiger partial charge in [-0.05, 0) is 25.0 Å². The standard InChI is InChI=1S/C14H16N2O3/c1-7(2)12-15-13(19-16-12)10-8(3)5-6-9(4)11(10)14(17)18/h5-7H,1-4H3,(H,17,18). The molecule has 19 heavy (non-hydrogen) atoms. The normalized spacial score (nSPS) is 11.0. The Morgan fingerprint density at radius 2 is 1.89 bits per heavy atom. The monoisotopic (exact) mass is 260 g/mol. The summed E-state index contributed by atoms with van der Waals surface area (Å²) in [6, 6.07) is 3.64. The Kier molecular flexibility index (Phi) is 3.38. The molecule has 100 valence electrons. The van der Waals surface area contributed by atoms with E-state index in [0.29, 0.717) is 17.0 Å². The van der Waals surface area contributed by atoms with E-state index in [0.717, 1.165) is 5.56 Å². The van der Waals surface area contributed by atoms with Crippen LogP contribution in [0.3, 0.4) is 0 Å². The van der Waals surface area contributed by atoms with Gasteiger partial charge in [0.25, 0.3) is 5.89 Å². The molecule has 5 nitrogen and oxygen atoms in total. The van der Waals surface area contributed by atoms with Crippen molar-refractivity contribution in [3.8, 4) is 11.5 Å². The lowest BCUT2D eigenvalue weighted by Gasteiger charge is -2.08. The molecule has 2 rings (SSSR count). The van der Waals surface area contributed by atoms with E-state index in [-0.39, 0.29) is 17.4 Å². The first-order valence-corrected chi connectivity index (χ1v) is 6.09. The Morgan fingerprint density at radius 1 is 1.26 bits per heavy atom. The van der Waals surface area contributed by atoms with E-state index >= 15 is 0 Å². The minimum atomic E-state index is -0.986. The van der Waals surface area contributed by atoms with Crippen LogP contribution in [0.25, 0.3) is 11.5 Å². The van der Waals surface area contributed by atoms with Crippen LogP contribution in [0.4, 0.5) is 0 Å². The first-order chi connectivity index (χ1) is 8.91. The third-order valence-electron chi connectivity index (χ3n) is 3.01. The zero-order valence-corrected chi connectivity index (χ0v) is 11.4. The number of aromatic nitrogens is 2. The van der Waals surface area contributed by atoms with E-state index in [1.807, 2.05) is 26.8 Å². The van der Waals surface area contributed by atoms with Crippen molar-refractivity contribution in [1.82, 2.24) is 10.1 Å². The Morgan fingerprint density at radius 3 is 2.42 bits per heavy atom. The Hall–Kier alpha value is -2.17. The van der Waals surface area contributed by atoms with Crippen LogP contribution in [0.15, 0.2) is 16.7 Å². The van der Waals surface area contributed by atoms with Crippen LogP contribution in [0.5, 0.6) is 0 Å². The Balaban J connectivity index is 2.66. The summed E-state index contributed by atoms with van der Waals surface area (Å²) < 4.78 is 5.21. The molecule has 0 unspecified atom stereocenters. The minimum absolute atomic E-state index is 0.135. The van der Waals surface area contributed by atoms with Crippen molar-refractivity contribution in [3.63, 3.8) is 0 Å². The number of hydrogen-bond donors (Lipinski definition) is 1. The first kappa shape index (κ1) is 13.3. The fourth-order valence-electron chi connectivity index (χ4n) is 1.93. The zero-order valence-electron chi connectivity index (χ0n) is 11.4. The number of hydrogen-bond acceptors (Lipinski definition) is 4. The van der Waals surface area contributed by atoms with Crippen LogP contribution < -0.4 is 0 Å². The van der Waals surface area contributed by atoms with E-state index in [9.17, 15) is 9.90 Å². The Bertz CT molecular complexity index is 630. The summed E-state index contributed by atoms with van der Waals surface area (Å²) >= 11 is 0. The average Bonchev–Trinajstić information content (AvgIpc) is 2.80. The van der Waals surface area contributed by atoms with E-state index in [4.69, 9.17) is 4.52 Å². The quantitative estimate of drug-likeness (QED) is 0.917. The lowest BCUT2D eigenvalue weighted by atomic mass is 9.97. The highest BCUT2D eigenvalue weighted by atomic mass is 16.5. The van der Waals surface area contributed by atoms with Gasteiger partial charge in [-0.15, -0.1) is 0 Å². The zero-order chi connectivity index (χ0) is 14.2. The molecule has 0 aliphatic heterocycles. The minimum Gasteiger partial charge on any atom is -0.478 e. The second-order valence-corrected chi connectivity index (χ2v) is 4.87. The molecule has 0 saturated carbocycles. The molecule has 1 heterocycles. The Labute approximate surface area is 111 Å². The molecule has 0 fully saturated rings. The fourth-order valence-corrected chi connectivity index (χ4v) is 1.93. The van der Waals surface area contributed by atoms with Crippen molar-refractivity contribution in [2.45, 2.75) is 33.6 Å². The van der Waals surface area contributed by atoms with E-state index in [2.05, 4.69) is 10.1 Å². The van der Waals surface area contributed by atoms with E-state index in [1.54, 1.807) is 13.0 Å². The molecule has 1 aromatic carbocycles. The van der Waals surface area contributed by atoms with Gasteiger partial charge in [-0.3, -0.25) is 0 Å². The van der Waals surface area contributed by atoms with Crippen LogP contribution in [0.1, 0.15) is 47.1 Å². The first-order valence-electron chi connectivity index (χ1n) is 6.09. The number of carboxylic acid groups (broad SMARTS) is 1. The lowest BCUT2D eigenvalue weighted by Crippen LogP contribution is -2.04. The van der Waals surface area contributed by atoms with Gasteiger partial charge in [-0.25, -0.2) is 4.79 Å². The topological polar surface area (TPSA) is 76.2 Å². The van der Waals surface area contributed by atoms with Gasteiger partial charge in [0.05, 0.1) is 11.1 Å². The molecule has 0 aliphatic rings. The highest BCUT2D eigenvalue weighted by Crippen LogP contribution is 2.29. The summed E-state index contributed by atoms with van der Waals surface area (Å²) in [6.45, 7) is 7.50. The number of carbonyl (C=O) groups is 1. The second-order valence-electron chi connectivity index (χ2n) is 4.87. The molecule has 1 N–H and O–H groups in total. The SMILES string of the molecule is Cc1ccc(C)c(-c2nc(C(C)C)no2)c1C(=O)O. The van der Waals surface area contributed by atoms with Crippen molar-refractivity contribution >= 4 is 5.97 Å². The van der Waals surface area contributed by atoms with Crippen LogP contribution in [-0.4, -0.2) is 21.2 Å². The van der Waals surface area contributed by atoms with Gasteiger partial charge in [0, 0.05) is 5.92 Å². The molecule has 0 bridgehead atoms. The van der Waals surface area contributed by atoms with E-state index in [1.165, 1.54) is 0 Å². The van der Waals surface area contributed by atoms with Gasteiger partial charge >= 0.3 is 5.97 Å². The number of benzene rings is 1. The maximum absolute atomic E-state index is 11.4. The molecule has 0 aliphatic carbocycles. The number of aryl methyl sites for hydroxylation is 2. The largest absolute Gasteiger partial charge is 0.478 e. The van der Waals surface area contributed by atoms with Crippen molar-refractivity contribution in [2.75, 3.05) is 0 Å². The fraction of sp³-hybridized carbons (Fsp3) is 0.357. The van der Waals surface area contributed by atoms with Crippen molar-refractivity contribution in [1.29, 1.82) is 0 Å². The van der Waals surface area contributed by atoms with Crippen molar-refractivity contribution < 1.29 is 14.4 Å². The van der Waals surface area contributed by atoms with Crippen molar-refractivity contribution in [2.24, 2.45) is 0 Å². The molecule has 0 saturated heterocycles. The average molecular weight is 260 g/mol. The molecular weight excluding hydrogens is 244 g/mol. The summed E-state index contributed by atoms with van der Waals surface area (Å²) in [4.78, 5) is 15.7. The molecule has 5 heteroatoms. The summed E-state index contributed by atoms with van der Waals surface area (Å²) in [5.74, 6) is -0.00839. The summed E-state index contributed by atoms with van der Waals surface area (Å²) in [6.07, 6.45) is 0. The van der Waals surface area contributed by atoms with Gasteiger partial charge in [0.1, 0.15) is 0 Å². The number of nitrogens with zero attached hydrogens (tertiary/aromatic N) is 2. The predicted octanol–water partition coefficient (Wildman–Crippen LogP) is 3.18. The van der Waals surface area contributed by atoms with Gasteiger partial charge in [0.15, 0.2) is 5.82 Å². The van der Waals surface area contributed by atoms with Gasteiger partial charge in [-0.2, -0.15) is 4.98 Å². The maximum Gasteiger partial charge on any atom is 0.336 e. The van der Waals surface area contributed by atoms with Crippen LogP contribution in [0.2, 0.25) is 0 Å². The van der Waals surface area contributed by atoms with Crippen molar-refractivity contribution in [3.05, 3.63) is 34.6 Å². The van der Waals surface area contributed by atoms with Crippen LogP contribution >= 0.6 is 0 Å². The van der Waals surface area contributed by atoms with Gasteiger partial charge in [0.2, 0.25) is 0 Å². The van der Waals surface area contributed by atoms with Crippen LogP contribution in [-0.2, 0) is 0 Å². The van der Waals surface area contributed by atoms with Crippen LogP contribution in [0, 0.1) is 13.8 Å². The summed E-state index contributed by atoms with van der Waals surface area (Å²) in [5, 5.41) is 13.2. The third-order valence-corrected chi connectivity index (χ3v) is 3.01. The molecule has 2 aromatic rings. The second kappa shape index (κ2) is 4.84. The van der Waals surface area contributed by atoms with Gasteiger partial charge in [-0.1, -0.05) is 31.1 Å². The molecule has 0 amide bonds. The molecule has 1 aromatic heterocycles. The highest BCUT2D eigenvalue weighted by Gasteiger charge is 2.22. The molecule has 0 radical (unpaired) electrons. The maximum atomic E-state index is 11.4. The third kappa shape index (κ3) is 2.36. The van der Waals surface area contributed by atoms with Gasteiger partial charge < -0.3 is 9.63 Å². The number of carboxylic acids is 1. The lowest BCUT2D eigenvalue weighted by molar-refractivity contribution is 0.0696. The summed E-state index contributed by atoms with van der Waals surface area (Å²) in [5.41, 5.74) is 2.21. The molecule has 0 atom stereocenters. The highest BCUT2D eigenvalue weighted by molar-refractivity contribution is 5.97. The molecule has 0 spiro atoms. The number of rotatable bonds is 3. The number of aromatic carboxylic acids is 1. The van der Waals surface area contributed by atoms with E-state index < -0.39 is 5.97 Å². The predicted molar refractivity (Wildman–Crippen MR) is 70.3 cm³/mol. The smallest absolute Gasteiger partial charge is 0.336 e. The summed E-state index contributed by atoms with van der Waals surface area (Å²) in [7, 11) is 0. The molecular formula is C14H16N2O3.